The molecule has 0 radical (unpaired) electrons. The van der Waals surface area contributed by atoms with Crippen molar-refractivity contribution < 1.29 is 14.9 Å². The normalized spacial score (nSPS) is 18.2. The molecule has 1 aromatic heterocycles. The molecule has 0 amide bonds. The number of rotatable bonds is 6. The van der Waals surface area contributed by atoms with E-state index in [0.717, 1.165) is 43.3 Å². The second-order valence-electron chi connectivity index (χ2n) is 6.87. The predicted octanol–water partition coefficient (Wildman–Crippen LogP) is 3.07. The van der Waals surface area contributed by atoms with Crippen LogP contribution in [0.25, 0.3) is 10.9 Å². The molecule has 1 aromatic carbocycles. The van der Waals surface area contributed by atoms with Crippen LogP contribution in [-0.2, 0) is 0 Å². The molecular formula is C19H25ClN2O3. The lowest BCUT2D eigenvalue weighted by molar-refractivity contribution is 0.0581. The van der Waals surface area contributed by atoms with Gasteiger partial charge in [-0.15, -0.1) is 0 Å². The third-order valence-electron chi connectivity index (χ3n) is 5.35. The summed E-state index contributed by atoms with van der Waals surface area (Å²) in [7, 11) is 1.61. The lowest BCUT2D eigenvalue weighted by Gasteiger charge is -2.36. The number of hydrogen-bond acceptors (Lipinski definition) is 5. The van der Waals surface area contributed by atoms with E-state index in [4.69, 9.17) is 16.3 Å². The predicted molar refractivity (Wildman–Crippen MR) is 99.1 cm³/mol. The van der Waals surface area contributed by atoms with Gasteiger partial charge < -0.3 is 20.3 Å². The van der Waals surface area contributed by atoms with Gasteiger partial charge in [0.2, 0.25) is 0 Å². The summed E-state index contributed by atoms with van der Waals surface area (Å²) in [6.45, 7) is 1.97. The summed E-state index contributed by atoms with van der Waals surface area (Å²) >= 11 is 6.36. The minimum absolute atomic E-state index is 0.112. The van der Waals surface area contributed by atoms with Gasteiger partial charge in [0.25, 0.3) is 0 Å². The Hall–Kier alpha value is -1.40. The van der Waals surface area contributed by atoms with Crippen LogP contribution in [0, 0.1) is 5.41 Å². The second kappa shape index (κ2) is 7.87. The summed E-state index contributed by atoms with van der Waals surface area (Å²) in [5.74, 6) is 0.704. The SMILES string of the molecule is COc1ccc2ncc(Cl)c([C@H](O)CCC3(CO)CCNCC3)c2c1. The van der Waals surface area contributed by atoms with Crippen LogP contribution in [0.15, 0.2) is 24.4 Å². The average molecular weight is 365 g/mol. The van der Waals surface area contributed by atoms with Crippen LogP contribution < -0.4 is 10.1 Å². The Bertz CT molecular complexity index is 732. The third kappa shape index (κ3) is 3.90. The minimum Gasteiger partial charge on any atom is -0.497 e. The first-order chi connectivity index (χ1) is 12.1. The number of hydrogen-bond donors (Lipinski definition) is 3. The molecule has 3 rings (SSSR count). The summed E-state index contributed by atoms with van der Waals surface area (Å²) in [5.41, 5.74) is 1.35. The molecule has 2 heterocycles. The molecule has 0 aliphatic carbocycles. The molecular weight excluding hydrogens is 340 g/mol. The van der Waals surface area contributed by atoms with Crippen LogP contribution in [0.2, 0.25) is 5.02 Å². The maximum atomic E-state index is 10.9. The van der Waals surface area contributed by atoms with Crippen molar-refractivity contribution in [1.82, 2.24) is 10.3 Å². The Morgan fingerprint density at radius 2 is 2.12 bits per heavy atom. The van der Waals surface area contributed by atoms with E-state index in [1.54, 1.807) is 13.3 Å². The lowest BCUT2D eigenvalue weighted by atomic mass is 9.75. The Morgan fingerprint density at radius 1 is 1.36 bits per heavy atom. The second-order valence-corrected chi connectivity index (χ2v) is 7.27. The smallest absolute Gasteiger partial charge is 0.119 e. The van der Waals surface area contributed by atoms with Crippen molar-refractivity contribution in [2.45, 2.75) is 31.8 Å². The van der Waals surface area contributed by atoms with Crippen LogP contribution in [-0.4, -0.2) is 42.0 Å². The summed E-state index contributed by atoms with van der Waals surface area (Å²) in [6.07, 6.45) is 4.04. The summed E-state index contributed by atoms with van der Waals surface area (Å²) in [4.78, 5) is 4.33. The third-order valence-corrected chi connectivity index (χ3v) is 5.65. The summed E-state index contributed by atoms with van der Waals surface area (Å²) < 4.78 is 5.29. The molecule has 5 nitrogen and oxygen atoms in total. The molecule has 6 heteroatoms. The number of aliphatic hydroxyl groups excluding tert-OH is 2. The van der Waals surface area contributed by atoms with Crippen LogP contribution in [0.1, 0.15) is 37.4 Å². The molecule has 1 atom stereocenters. The van der Waals surface area contributed by atoms with E-state index in [2.05, 4.69) is 10.3 Å². The number of nitrogens with one attached hydrogen (secondary N) is 1. The van der Waals surface area contributed by atoms with E-state index >= 15 is 0 Å². The zero-order chi connectivity index (χ0) is 17.9. The maximum absolute atomic E-state index is 10.9. The van der Waals surface area contributed by atoms with Crippen molar-refractivity contribution in [1.29, 1.82) is 0 Å². The van der Waals surface area contributed by atoms with Gasteiger partial charge in [0.1, 0.15) is 5.75 Å². The lowest BCUT2D eigenvalue weighted by Crippen LogP contribution is -2.39. The number of aliphatic hydroxyl groups is 2. The molecule has 0 unspecified atom stereocenters. The number of aromatic nitrogens is 1. The fourth-order valence-electron chi connectivity index (χ4n) is 3.67. The molecule has 1 aliphatic heterocycles. The van der Waals surface area contributed by atoms with Gasteiger partial charge in [-0.3, -0.25) is 4.98 Å². The van der Waals surface area contributed by atoms with Crippen molar-refractivity contribution >= 4 is 22.5 Å². The molecule has 2 aromatic rings. The number of methoxy groups -OCH3 is 1. The number of benzene rings is 1. The highest BCUT2D eigenvalue weighted by Gasteiger charge is 2.32. The van der Waals surface area contributed by atoms with Gasteiger partial charge in [-0.25, -0.2) is 0 Å². The minimum atomic E-state index is -0.705. The molecule has 0 saturated carbocycles. The van der Waals surface area contributed by atoms with Gasteiger partial charge >= 0.3 is 0 Å². The van der Waals surface area contributed by atoms with Gasteiger partial charge in [0.05, 0.1) is 23.8 Å². The Balaban J connectivity index is 1.86. The van der Waals surface area contributed by atoms with Gasteiger partial charge in [-0.05, 0) is 62.4 Å². The van der Waals surface area contributed by atoms with E-state index in [1.165, 1.54) is 0 Å². The highest BCUT2D eigenvalue weighted by Crippen LogP contribution is 2.39. The van der Waals surface area contributed by atoms with E-state index in [9.17, 15) is 10.2 Å². The van der Waals surface area contributed by atoms with Crippen molar-refractivity contribution in [3.05, 3.63) is 35.0 Å². The van der Waals surface area contributed by atoms with Gasteiger partial charge in [-0.1, -0.05) is 11.6 Å². The molecule has 136 valence electrons. The summed E-state index contributed by atoms with van der Waals surface area (Å²) in [6, 6.07) is 5.57. The first kappa shape index (κ1) is 18.4. The van der Waals surface area contributed by atoms with Crippen LogP contribution in [0.3, 0.4) is 0 Å². The fourth-order valence-corrected chi connectivity index (χ4v) is 3.94. The first-order valence-corrected chi connectivity index (χ1v) is 9.08. The largest absolute Gasteiger partial charge is 0.497 e. The zero-order valence-electron chi connectivity index (χ0n) is 14.5. The molecule has 3 N–H and O–H groups in total. The van der Waals surface area contributed by atoms with Crippen LogP contribution in [0.4, 0.5) is 0 Å². The van der Waals surface area contributed by atoms with E-state index in [1.807, 2.05) is 18.2 Å². The fraction of sp³-hybridized carbons (Fsp3) is 0.526. The Labute approximate surface area is 153 Å². The highest BCUT2D eigenvalue weighted by molar-refractivity contribution is 6.32. The molecule has 0 spiro atoms. The van der Waals surface area contributed by atoms with Crippen molar-refractivity contribution in [3.63, 3.8) is 0 Å². The molecule has 1 fully saturated rings. The monoisotopic (exact) mass is 364 g/mol. The quantitative estimate of drug-likeness (QED) is 0.734. The topological polar surface area (TPSA) is 74.6 Å². The Kier molecular flexibility index (Phi) is 5.79. The molecule has 1 aliphatic rings. The number of pyridine rings is 1. The van der Waals surface area contributed by atoms with E-state index < -0.39 is 6.10 Å². The summed E-state index contributed by atoms with van der Waals surface area (Å²) in [5, 5.41) is 25.3. The highest BCUT2D eigenvalue weighted by atomic mass is 35.5. The van der Waals surface area contributed by atoms with Crippen molar-refractivity contribution in [2.75, 3.05) is 26.8 Å². The molecule has 25 heavy (non-hydrogen) atoms. The van der Waals surface area contributed by atoms with Gasteiger partial charge in [-0.2, -0.15) is 0 Å². The van der Waals surface area contributed by atoms with Gasteiger partial charge in [0.15, 0.2) is 0 Å². The molecule has 0 bridgehead atoms. The number of nitrogens with zero attached hydrogens (tertiary/aromatic N) is 1. The maximum Gasteiger partial charge on any atom is 0.119 e. The standard InChI is InChI=1S/C19H25ClN2O3/c1-25-13-2-3-16-14(10-13)18(15(20)11-22-16)17(24)4-5-19(12-23)6-8-21-9-7-19/h2-3,10-11,17,21,23-24H,4-9,12H2,1H3/t17-/m1/s1. The van der Waals surface area contributed by atoms with Crippen molar-refractivity contribution in [3.8, 4) is 5.75 Å². The van der Waals surface area contributed by atoms with E-state index in [-0.39, 0.29) is 12.0 Å². The zero-order valence-corrected chi connectivity index (χ0v) is 15.2. The number of ether oxygens (including phenoxy) is 1. The number of halogens is 1. The van der Waals surface area contributed by atoms with Crippen molar-refractivity contribution in [2.24, 2.45) is 5.41 Å². The average Bonchev–Trinajstić information content (AvgIpc) is 2.66. The van der Waals surface area contributed by atoms with Gasteiger partial charge in [0, 0.05) is 23.8 Å². The number of fused-ring (bicyclic) bond motifs is 1. The Morgan fingerprint density at radius 3 is 2.80 bits per heavy atom. The van der Waals surface area contributed by atoms with E-state index in [0.29, 0.717) is 22.8 Å². The first-order valence-electron chi connectivity index (χ1n) is 8.70. The number of piperidine rings is 1. The van der Waals surface area contributed by atoms with Crippen LogP contribution >= 0.6 is 11.6 Å². The van der Waals surface area contributed by atoms with Crippen LogP contribution in [0.5, 0.6) is 5.75 Å². The molecule has 1 saturated heterocycles.